The maximum absolute atomic E-state index is 11.9. The fraction of sp³-hybridized carbons (Fsp3) is 0.667. The highest BCUT2D eigenvalue weighted by Crippen LogP contribution is 2.21. The summed E-state index contributed by atoms with van der Waals surface area (Å²) in [5, 5.41) is 15.7. The number of likely N-dealkylation sites (tertiary alicyclic amines) is 1. The second-order valence-electron chi connectivity index (χ2n) is 3.92. The van der Waals surface area contributed by atoms with E-state index in [0.29, 0.717) is 19.0 Å². The van der Waals surface area contributed by atoms with Crippen molar-refractivity contribution in [3.8, 4) is 0 Å². The minimum Gasteiger partial charge on any atom is -0.396 e. The van der Waals surface area contributed by atoms with Crippen LogP contribution in [0.1, 0.15) is 23.3 Å². The molecule has 2 heterocycles. The molecule has 1 atom stereocenters. The van der Waals surface area contributed by atoms with Crippen LogP contribution in [0.4, 0.5) is 5.82 Å². The minimum absolute atomic E-state index is 0.0237. The van der Waals surface area contributed by atoms with E-state index in [4.69, 9.17) is 10.8 Å². The molecule has 1 aromatic heterocycles. The second-order valence-corrected chi connectivity index (χ2v) is 3.92. The van der Waals surface area contributed by atoms with E-state index in [1.807, 2.05) is 0 Å². The number of anilines is 1. The number of carbonyl (C=O) groups excluding carboxylic acids is 1. The smallest absolute Gasteiger partial charge is 0.280 e. The van der Waals surface area contributed by atoms with Gasteiger partial charge in [0.1, 0.15) is 0 Å². The van der Waals surface area contributed by atoms with Gasteiger partial charge in [-0.15, -0.1) is 0 Å². The third-order valence-corrected chi connectivity index (χ3v) is 2.83. The molecule has 1 unspecified atom stereocenters. The van der Waals surface area contributed by atoms with Crippen molar-refractivity contribution in [1.82, 2.24) is 15.2 Å². The Labute approximate surface area is 92.2 Å². The Bertz CT molecular complexity index is 379. The van der Waals surface area contributed by atoms with Crippen LogP contribution in [0.25, 0.3) is 0 Å². The average molecular weight is 226 g/mol. The van der Waals surface area contributed by atoms with Gasteiger partial charge in [-0.3, -0.25) is 4.79 Å². The van der Waals surface area contributed by atoms with E-state index in [1.165, 1.54) is 0 Å². The standard InChI is InChI=1S/C9H14N4O3/c10-8-7(11-16-12-8)9(15)13-3-1-6(5-13)2-4-14/h6,14H,1-5H2,(H2,10,12). The Morgan fingerprint density at radius 2 is 2.44 bits per heavy atom. The van der Waals surface area contributed by atoms with Gasteiger partial charge in [0.05, 0.1) is 0 Å². The molecule has 1 amide bonds. The van der Waals surface area contributed by atoms with Gasteiger partial charge in [-0.05, 0) is 29.1 Å². The second kappa shape index (κ2) is 4.48. The zero-order valence-corrected chi connectivity index (χ0v) is 8.80. The molecule has 0 bridgehead atoms. The highest BCUT2D eigenvalue weighted by atomic mass is 16.6. The van der Waals surface area contributed by atoms with Crippen LogP contribution in [0.15, 0.2) is 4.63 Å². The SMILES string of the molecule is Nc1nonc1C(=O)N1CCC(CCO)C1. The van der Waals surface area contributed by atoms with Gasteiger partial charge in [-0.1, -0.05) is 0 Å². The highest BCUT2D eigenvalue weighted by molar-refractivity contribution is 5.96. The van der Waals surface area contributed by atoms with Crippen LogP contribution in [-0.4, -0.2) is 45.9 Å². The quantitative estimate of drug-likeness (QED) is 0.719. The number of hydrogen-bond donors (Lipinski definition) is 2. The molecular weight excluding hydrogens is 212 g/mol. The van der Waals surface area contributed by atoms with Crippen molar-refractivity contribution in [3.05, 3.63) is 5.69 Å². The number of aromatic nitrogens is 2. The van der Waals surface area contributed by atoms with Crippen LogP contribution in [0.3, 0.4) is 0 Å². The number of nitrogens with zero attached hydrogens (tertiary/aromatic N) is 3. The summed E-state index contributed by atoms with van der Waals surface area (Å²) in [4.78, 5) is 13.6. The molecule has 0 aromatic carbocycles. The molecule has 0 spiro atoms. The lowest BCUT2D eigenvalue weighted by Gasteiger charge is -2.14. The van der Waals surface area contributed by atoms with Gasteiger partial charge in [0, 0.05) is 19.7 Å². The maximum atomic E-state index is 11.9. The highest BCUT2D eigenvalue weighted by Gasteiger charge is 2.29. The van der Waals surface area contributed by atoms with Crippen LogP contribution in [0, 0.1) is 5.92 Å². The number of hydrogen-bond acceptors (Lipinski definition) is 6. The molecule has 2 rings (SSSR count). The normalized spacial score (nSPS) is 20.3. The van der Waals surface area contributed by atoms with E-state index >= 15 is 0 Å². The predicted octanol–water partition coefficient (Wildman–Crippen LogP) is -0.504. The Kier molecular flexibility index (Phi) is 3.04. The van der Waals surface area contributed by atoms with Gasteiger partial charge >= 0.3 is 0 Å². The Balaban J connectivity index is 2.00. The van der Waals surface area contributed by atoms with Gasteiger partial charge in [-0.25, -0.2) is 4.63 Å². The lowest BCUT2D eigenvalue weighted by atomic mass is 10.1. The van der Waals surface area contributed by atoms with Gasteiger partial charge in [-0.2, -0.15) is 0 Å². The molecule has 1 saturated heterocycles. The van der Waals surface area contributed by atoms with Crippen molar-refractivity contribution >= 4 is 11.7 Å². The lowest BCUT2D eigenvalue weighted by Crippen LogP contribution is -2.29. The molecule has 0 saturated carbocycles. The number of aliphatic hydroxyl groups excluding tert-OH is 1. The first-order valence-electron chi connectivity index (χ1n) is 5.20. The van der Waals surface area contributed by atoms with E-state index in [0.717, 1.165) is 12.8 Å². The average Bonchev–Trinajstić information content (AvgIpc) is 2.87. The Morgan fingerprint density at radius 3 is 3.06 bits per heavy atom. The summed E-state index contributed by atoms with van der Waals surface area (Å²) in [6, 6.07) is 0. The number of amides is 1. The summed E-state index contributed by atoms with van der Waals surface area (Å²) in [6.07, 6.45) is 1.62. The third-order valence-electron chi connectivity index (χ3n) is 2.83. The first-order chi connectivity index (χ1) is 7.72. The van der Waals surface area contributed by atoms with Crippen molar-refractivity contribution < 1.29 is 14.5 Å². The molecule has 16 heavy (non-hydrogen) atoms. The van der Waals surface area contributed by atoms with E-state index in [-0.39, 0.29) is 24.0 Å². The molecule has 0 radical (unpaired) electrons. The summed E-state index contributed by atoms with van der Waals surface area (Å²) in [5.74, 6) is 0.129. The molecule has 88 valence electrons. The summed E-state index contributed by atoms with van der Waals surface area (Å²) in [5.41, 5.74) is 5.52. The molecule has 3 N–H and O–H groups in total. The molecule has 7 heteroatoms. The van der Waals surface area contributed by atoms with E-state index in [9.17, 15) is 4.79 Å². The van der Waals surface area contributed by atoms with Gasteiger partial charge in [0.2, 0.25) is 11.5 Å². The van der Waals surface area contributed by atoms with E-state index < -0.39 is 0 Å². The van der Waals surface area contributed by atoms with Crippen LogP contribution in [0.2, 0.25) is 0 Å². The zero-order valence-electron chi connectivity index (χ0n) is 8.80. The van der Waals surface area contributed by atoms with Gasteiger partial charge in [0.15, 0.2) is 0 Å². The first kappa shape index (κ1) is 10.9. The Morgan fingerprint density at radius 1 is 1.62 bits per heavy atom. The summed E-state index contributed by atoms with van der Waals surface area (Å²) in [6.45, 7) is 1.45. The van der Waals surface area contributed by atoms with Crippen LogP contribution >= 0.6 is 0 Å². The number of carbonyl (C=O) groups is 1. The first-order valence-corrected chi connectivity index (χ1v) is 5.20. The van der Waals surface area contributed by atoms with E-state index in [2.05, 4.69) is 14.9 Å². The van der Waals surface area contributed by atoms with Gasteiger partial charge in [0.25, 0.3) is 5.91 Å². The van der Waals surface area contributed by atoms with Crippen LogP contribution in [0.5, 0.6) is 0 Å². The minimum atomic E-state index is -0.251. The largest absolute Gasteiger partial charge is 0.396 e. The number of nitrogens with two attached hydrogens (primary N) is 1. The van der Waals surface area contributed by atoms with Crippen LogP contribution < -0.4 is 5.73 Å². The molecule has 7 nitrogen and oxygen atoms in total. The summed E-state index contributed by atoms with van der Waals surface area (Å²) in [7, 11) is 0. The van der Waals surface area contributed by atoms with Crippen molar-refractivity contribution in [1.29, 1.82) is 0 Å². The number of rotatable bonds is 3. The topological polar surface area (TPSA) is 105 Å². The zero-order chi connectivity index (χ0) is 11.5. The van der Waals surface area contributed by atoms with Crippen molar-refractivity contribution in [3.63, 3.8) is 0 Å². The number of nitrogen functional groups attached to an aromatic ring is 1. The molecule has 0 aliphatic carbocycles. The summed E-state index contributed by atoms with van der Waals surface area (Å²) < 4.78 is 4.39. The fourth-order valence-electron chi connectivity index (χ4n) is 1.93. The monoisotopic (exact) mass is 226 g/mol. The number of aliphatic hydroxyl groups is 1. The molecule has 1 aliphatic rings. The van der Waals surface area contributed by atoms with Gasteiger partial charge < -0.3 is 15.7 Å². The molecule has 1 aromatic rings. The third kappa shape index (κ3) is 1.99. The van der Waals surface area contributed by atoms with E-state index in [1.54, 1.807) is 4.90 Å². The molecule has 1 aliphatic heterocycles. The Hall–Kier alpha value is -1.63. The van der Waals surface area contributed by atoms with Crippen LogP contribution in [-0.2, 0) is 0 Å². The fourth-order valence-corrected chi connectivity index (χ4v) is 1.93. The summed E-state index contributed by atoms with van der Waals surface area (Å²) >= 11 is 0. The van der Waals surface area contributed by atoms with Crippen molar-refractivity contribution in [2.75, 3.05) is 25.4 Å². The molecular formula is C9H14N4O3. The van der Waals surface area contributed by atoms with Crippen molar-refractivity contribution in [2.45, 2.75) is 12.8 Å². The maximum Gasteiger partial charge on any atom is 0.280 e. The lowest BCUT2D eigenvalue weighted by molar-refractivity contribution is 0.0774. The molecule has 1 fully saturated rings. The van der Waals surface area contributed by atoms with Crippen molar-refractivity contribution in [2.24, 2.45) is 5.92 Å². The predicted molar refractivity (Wildman–Crippen MR) is 54.4 cm³/mol.